The maximum Gasteiger partial charge on any atom is 0.229 e. The molecule has 1 aliphatic rings. The number of amides is 1. The zero-order valence-electron chi connectivity index (χ0n) is 11.2. The van der Waals surface area contributed by atoms with Gasteiger partial charge in [-0.05, 0) is 30.4 Å². The number of carbonyl (C=O) groups excluding carboxylic acids is 1. The van der Waals surface area contributed by atoms with Gasteiger partial charge in [-0.2, -0.15) is 0 Å². The Hall–Kier alpha value is -1.65. The summed E-state index contributed by atoms with van der Waals surface area (Å²) in [5, 5.41) is 5.10. The van der Waals surface area contributed by atoms with Crippen molar-refractivity contribution in [3.05, 3.63) is 41.8 Å². The minimum absolute atomic E-state index is 0.00361. The van der Waals surface area contributed by atoms with Crippen molar-refractivity contribution in [1.29, 1.82) is 0 Å². The predicted octanol–water partition coefficient (Wildman–Crippen LogP) is 3.48. The van der Waals surface area contributed by atoms with Gasteiger partial charge in [0, 0.05) is 22.2 Å². The third-order valence-electron chi connectivity index (χ3n) is 3.88. The lowest BCUT2D eigenvalue weighted by atomic mass is 10.0. The summed E-state index contributed by atoms with van der Waals surface area (Å²) in [5.41, 5.74) is 7.95. The summed E-state index contributed by atoms with van der Waals surface area (Å²) in [4.78, 5) is 13.5. The van der Waals surface area contributed by atoms with E-state index in [2.05, 4.69) is 11.4 Å². The predicted molar refractivity (Wildman–Crippen MR) is 83.7 cm³/mol. The van der Waals surface area contributed by atoms with Crippen molar-refractivity contribution in [2.45, 2.75) is 25.3 Å². The lowest BCUT2D eigenvalue weighted by Crippen LogP contribution is -2.34. The van der Waals surface area contributed by atoms with Gasteiger partial charge in [-0.3, -0.25) is 4.79 Å². The van der Waals surface area contributed by atoms with E-state index in [-0.39, 0.29) is 17.9 Å². The molecule has 4 heteroatoms. The molecule has 1 heterocycles. The third-order valence-corrected chi connectivity index (χ3v) is 4.78. The maximum absolute atomic E-state index is 12.4. The van der Waals surface area contributed by atoms with Gasteiger partial charge in [0.05, 0.1) is 5.92 Å². The van der Waals surface area contributed by atoms with E-state index in [1.807, 2.05) is 35.7 Å². The Morgan fingerprint density at radius 2 is 2.05 bits per heavy atom. The standard InChI is InChI=1S/C16H18N2OS/c17-13-7-3-6-11(13)16(19)18-14-8-2-1-5-12(14)15-9-4-10-20-15/h1-2,4-5,8-11,13H,3,6-7,17H2,(H,18,19). The molecule has 1 aliphatic carbocycles. The summed E-state index contributed by atoms with van der Waals surface area (Å²) >= 11 is 1.67. The van der Waals surface area contributed by atoms with Gasteiger partial charge in [0.1, 0.15) is 0 Å². The second-order valence-electron chi connectivity index (χ2n) is 5.21. The highest BCUT2D eigenvalue weighted by atomic mass is 32.1. The number of nitrogens with two attached hydrogens (primary N) is 1. The number of hydrogen-bond donors (Lipinski definition) is 2. The van der Waals surface area contributed by atoms with E-state index in [0.717, 1.165) is 35.4 Å². The maximum atomic E-state index is 12.4. The minimum Gasteiger partial charge on any atom is -0.327 e. The van der Waals surface area contributed by atoms with Crippen LogP contribution in [0.3, 0.4) is 0 Å². The van der Waals surface area contributed by atoms with Crippen LogP contribution in [0, 0.1) is 5.92 Å². The number of rotatable bonds is 3. The molecule has 2 unspecified atom stereocenters. The monoisotopic (exact) mass is 286 g/mol. The Labute approximate surface area is 122 Å². The Morgan fingerprint density at radius 1 is 1.20 bits per heavy atom. The highest BCUT2D eigenvalue weighted by molar-refractivity contribution is 7.13. The number of carbonyl (C=O) groups is 1. The van der Waals surface area contributed by atoms with Crippen LogP contribution in [0.2, 0.25) is 0 Å². The molecule has 2 atom stereocenters. The fourth-order valence-corrected chi connectivity index (χ4v) is 3.54. The van der Waals surface area contributed by atoms with Crippen molar-refractivity contribution in [1.82, 2.24) is 0 Å². The second kappa shape index (κ2) is 5.77. The normalized spacial score (nSPS) is 21.9. The van der Waals surface area contributed by atoms with Gasteiger partial charge in [0.15, 0.2) is 0 Å². The molecule has 3 N–H and O–H groups in total. The lowest BCUT2D eigenvalue weighted by Gasteiger charge is -2.16. The molecule has 1 saturated carbocycles. The highest BCUT2D eigenvalue weighted by Gasteiger charge is 2.30. The number of para-hydroxylation sites is 1. The van der Waals surface area contributed by atoms with Crippen molar-refractivity contribution in [2.24, 2.45) is 11.7 Å². The van der Waals surface area contributed by atoms with Crippen LogP contribution in [-0.2, 0) is 4.79 Å². The molecule has 20 heavy (non-hydrogen) atoms. The van der Waals surface area contributed by atoms with Gasteiger partial charge in [-0.25, -0.2) is 0 Å². The zero-order chi connectivity index (χ0) is 13.9. The Balaban J connectivity index is 1.83. The fourth-order valence-electron chi connectivity index (χ4n) is 2.78. The van der Waals surface area contributed by atoms with Gasteiger partial charge < -0.3 is 11.1 Å². The molecule has 0 radical (unpaired) electrons. The van der Waals surface area contributed by atoms with E-state index in [1.165, 1.54) is 0 Å². The molecule has 0 bridgehead atoms. The van der Waals surface area contributed by atoms with Gasteiger partial charge in [-0.1, -0.05) is 30.7 Å². The van der Waals surface area contributed by atoms with Crippen LogP contribution in [0.15, 0.2) is 41.8 Å². The van der Waals surface area contributed by atoms with Crippen molar-refractivity contribution in [3.63, 3.8) is 0 Å². The molecule has 1 aromatic heterocycles. The van der Waals surface area contributed by atoms with E-state index in [1.54, 1.807) is 11.3 Å². The van der Waals surface area contributed by atoms with Crippen molar-refractivity contribution in [3.8, 4) is 10.4 Å². The fraction of sp³-hybridized carbons (Fsp3) is 0.312. The summed E-state index contributed by atoms with van der Waals surface area (Å²) in [6.45, 7) is 0. The first-order valence-corrected chi connectivity index (χ1v) is 7.83. The summed E-state index contributed by atoms with van der Waals surface area (Å²) < 4.78 is 0. The summed E-state index contributed by atoms with van der Waals surface area (Å²) in [7, 11) is 0. The number of nitrogens with one attached hydrogen (secondary N) is 1. The molecular weight excluding hydrogens is 268 g/mol. The molecule has 3 rings (SSSR count). The Kier molecular flexibility index (Phi) is 3.85. The molecule has 0 aliphatic heterocycles. The van der Waals surface area contributed by atoms with Crippen LogP contribution in [0.1, 0.15) is 19.3 Å². The molecule has 1 fully saturated rings. The second-order valence-corrected chi connectivity index (χ2v) is 6.16. The number of thiophene rings is 1. The van der Waals surface area contributed by atoms with Crippen LogP contribution in [0.25, 0.3) is 10.4 Å². The smallest absolute Gasteiger partial charge is 0.229 e. The SMILES string of the molecule is NC1CCCC1C(=O)Nc1ccccc1-c1cccs1. The van der Waals surface area contributed by atoms with Crippen LogP contribution in [-0.4, -0.2) is 11.9 Å². The van der Waals surface area contributed by atoms with E-state index >= 15 is 0 Å². The summed E-state index contributed by atoms with van der Waals surface area (Å²) in [6, 6.07) is 12.0. The molecule has 0 spiro atoms. The minimum atomic E-state index is -0.0496. The largest absolute Gasteiger partial charge is 0.327 e. The van der Waals surface area contributed by atoms with E-state index < -0.39 is 0 Å². The third kappa shape index (κ3) is 2.62. The van der Waals surface area contributed by atoms with E-state index in [9.17, 15) is 4.79 Å². The average molecular weight is 286 g/mol. The number of hydrogen-bond acceptors (Lipinski definition) is 3. The van der Waals surface area contributed by atoms with E-state index in [4.69, 9.17) is 5.73 Å². The van der Waals surface area contributed by atoms with Crippen molar-refractivity contribution < 1.29 is 4.79 Å². The van der Waals surface area contributed by atoms with Crippen LogP contribution >= 0.6 is 11.3 Å². The van der Waals surface area contributed by atoms with Crippen LogP contribution < -0.4 is 11.1 Å². The highest BCUT2D eigenvalue weighted by Crippen LogP contribution is 2.32. The van der Waals surface area contributed by atoms with Gasteiger partial charge in [0.2, 0.25) is 5.91 Å². The van der Waals surface area contributed by atoms with Gasteiger partial charge in [0.25, 0.3) is 0 Å². The molecular formula is C16H18N2OS. The first-order valence-electron chi connectivity index (χ1n) is 6.95. The average Bonchev–Trinajstić information content (AvgIpc) is 3.10. The topological polar surface area (TPSA) is 55.1 Å². The van der Waals surface area contributed by atoms with Crippen molar-refractivity contribution >= 4 is 22.9 Å². The quantitative estimate of drug-likeness (QED) is 0.907. The molecule has 3 nitrogen and oxygen atoms in total. The van der Waals surface area contributed by atoms with Gasteiger partial charge >= 0.3 is 0 Å². The Bertz CT molecular complexity index is 594. The molecule has 1 amide bonds. The molecule has 1 aromatic carbocycles. The van der Waals surface area contributed by atoms with Crippen molar-refractivity contribution in [2.75, 3.05) is 5.32 Å². The number of anilines is 1. The first-order chi connectivity index (χ1) is 9.75. The molecule has 104 valence electrons. The van der Waals surface area contributed by atoms with E-state index in [0.29, 0.717) is 0 Å². The number of benzene rings is 1. The molecule has 0 saturated heterocycles. The summed E-state index contributed by atoms with van der Waals surface area (Å²) in [6.07, 6.45) is 2.89. The van der Waals surface area contributed by atoms with Gasteiger partial charge in [-0.15, -0.1) is 11.3 Å². The first kappa shape index (κ1) is 13.3. The zero-order valence-corrected chi connectivity index (χ0v) is 12.0. The lowest BCUT2D eigenvalue weighted by molar-refractivity contribution is -0.120. The Morgan fingerprint density at radius 3 is 2.75 bits per heavy atom. The molecule has 2 aromatic rings. The summed E-state index contributed by atoms with van der Waals surface area (Å²) in [5.74, 6) is 0.00500. The van der Waals surface area contributed by atoms with Crippen LogP contribution in [0.4, 0.5) is 5.69 Å². The van der Waals surface area contributed by atoms with Crippen LogP contribution in [0.5, 0.6) is 0 Å².